The van der Waals surface area contributed by atoms with E-state index in [-0.39, 0.29) is 17.3 Å². The number of benzene rings is 2. The number of carbonyl (C=O) groups is 1. The van der Waals surface area contributed by atoms with Crippen LogP contribution in [0.15, 0.2) is 59.5 Å². The Balaban J connectivity index is 1.86. The van der Waals surface area contributed by atoms with Crippen molar-refractivity contribution in [2.75, 3.05) is 20.3 Å². The zero-order chi connectivity index (χ0) is 18.8. The van der Waals surface area contributed by atoms with Gasteiger partial charge in [-0.05, 0) is 29.7 Å². The number of carbonyl (C=O) groups excluding carboxylic acids is 1. The van der Waals surface area contributed by atoms with Crippen molar-refractivity contribution >= 4 is 15.9 Å². The molecule has 140 valence electrons. The minimum absolute atomic E-state index is 0.0525. The second kappa shape index (κ2) is 10.1. The molecule has 0 aliphatic rings. The molecule has 0 spiro atoms. The van der Waals surface area contributed by atoms with Crippen molar-refractivity contribution in [3.8, 4) is 0 Å². The summed E-state index contributed by atoms with van der Waals surface area (Å²) in [5.41, 5.74) is 1.81. The number of sulfonamides is 1. The summed E-state index contributed by atoms with van der Waals surface area (Å²) >= 11 is 0. The lowest BCUT2D eigenvalue weighted by Crippen LogP contribution is -2.27. The molecule has 2 aromatic carbocycles. The van der Waals surface area contributed by atoms with Gasteiger partial charge in [0.05, 0.1) is 11.5 Å². The van der Waals surface area contributed by atoms with Gasteiger partial charge in [-0.1, -0.05) is 42.5 Å². The molecule has 2 rings (SSSR count). The van der Waals surface area contributed by atoms with Gasteiger partial charge in [-0.2, -0.15) is 0 Å². The third-order valence-electron chi connectivity index (χ3n) is 3.81. The Labute approximate surface area is 154 Å². The molecular weight excluding hydrogens is 352 g/mol. The third-order valence-corrected chi connectivity index (χ3v) is 5.23. The van der Waals surface area contributed by atoms with E-state index in [1.54, 1.807) is 31.4 Å². The normalized spacial score (nSPS) is 11.3. The van der Waals surface area contributed by atoms with Gasteiger partial charge in [-0.25, -0.2) is 13.1 Å². The fourth-order valence-corrected chi connectivity index (χ4v) is 3.35. The maximum Gasteiger partial charge on any atom is 0.240 e. The molecular formula is C19H24N2O4S. The molecule has 0 atom stereocenters. The number of rotatable bonds is 10. The van der Waals surface area contributed by atoms with Crippen LogP contribution in [0.3, 0.4) is 0 Å². The number of methoxy groups -OCH3 is 1. The van der Waals surface area contributed by atoms with Crippen LogP contribution in [0.2, 0.25) is 0 Å². The molecule has 0 aromatic heterocycles. The highest BCUT2D eigenvalue weighted by Gasteiger charge is 2.13. The molecule has 0 unspecified atom stereocenters. The summed E-state index contributed by atoms with van der Waals surface area (Å²) in [4.78, 5) is 11.9. The molecule has 7 heteroatoms. The number of amides is 1. The van der Waals surface area contributed by atoms with Crippen molar-refractivity contribution in [2.45, 2.75) is 24.3 Å². The van der Waals surface area contributed by atoms with Crippen LogP contribution < -0.4 is 10.0 Å². The van der Waals surface area contributed by atoms with Crippen molar-refractivity contribution in [1.29, 1.82) is 0 Å². The quantitative estimate of drug-likeness (QED) is 0.620. The van der Waals surface area contributed by atoms with Crippen LogP contribution in [-0.2, 0) is 32.5 Å². The Morgan fingerprint density at radius 3 is 2.35 bits per heavy atom. The maximum atomic E-state index is 12.3. The fourth-order valence-electron chi connectivity index (χ4n) is 2.33. The van der Waals surface area contributed by atoms with Gasteiger partial charge in [-0.3, -0.25) is 4.79 Å². The van der Waals surface area contributed by atoms with E-state index in [1.165, 1.54) is 0 Å². The first-order valence-electron chi connectivity index (χ1n) is 8.39. The number of nitrogens with one attached hydrogen (secondary N) is 2. The molecule has 26 heavy (non-hydrogen) atoms. The summed E-state index contributed by atoms with van der Waals surface area (Å²) in [6, 6.07) is 15.9. The zero-order valence-corrected chi connectivity index (χ0v) is 15.6. The first-order valence-corrected chi connectivity index (χ1v) is 9.88. The molecule has 0 saturated carbocycles. The molecule has 0 radical (unpaired) electrons. The molecule has 2 N–H and O–H groups in total. The summed E-state index contributed by atoms with van der Waals surface area (Å²) in [6.07, 6.45) is 0.901. The second-order valence-corrected chi connectivity index (χ2v) is 7.56. The average molecular weight is 376 g/mol. The van der Waals surface area contributed by atoms with Gasteiger partial charge in [0.1, 0.15) is 0 Å². The van der Waals surface area contributed by atoms with E-state index in [2.05, 4.69) is 10.0 Å². The van der Waals surface area contributed by atoms with Crippen LogP contribution >= 0.6 is 0 Å². The SMILES string of the molecule is COCCNC(=O)CCc1ccc(S(=O)(=O)NCc2ccccc2)cc1. The Hall–Kier alpha value is -2.22. The van der Waals surface area contributed by atoms with Crippen LogP contribution in [0.25, 0.3) is 0 Å². The lowest BCUT2D eigenvalue weighted by atomic mass is 10.1. The van der Waals surface area contributed by atoms with Gasteiger partial charge in [0.15, 0.2) is 0 Å². The van der Waals surface area contributed by atoms with Gasteiger partial charge < -0.3 is 10.1 Å². The van der Waals surface area contributed by atoms with E-state index < -0.39 is 10.0 Å². The lowest BCUT2D eigenvalue weighted by Gasteiger charge is -2.08. The van der Waals surface area contributed by atoms with Gasteiger partial charge >= 0.3 is 0 Å². The van der Waals surface area contributed by atoms with E-state index in [0.717, 1.165) is 11.1 Å². The third kappa shape index (κ3) is 6.59. The largest absolute Gasteiger partial charge is 0.383 e. The van der Waals surface area contributed by atoms with Gasteiger partial charge in [0.25, 0.3) is 0 Å². The minimum Gasteiger partial charge on any atom is -0.383 e. The summed E-state index contributed by atoms with van der Waals surface area (Å²) in [5, 5.41) is 2.75. The number of hydrogen-bond acceptors (Lipinski definition) is 4. The van der Waals surface area contributed by atoms with Crippen molar-refractivity contribution in [2.24, 2.45) is 0 Å². The molecule has 1 amide bonds. The Morgan fingerprint density at radius 1 is 1.00 bits per heavy atom. The van der Waals surface area contributed by atoms with Crippen molar-refractivity contribution in [1.82, 2.24) is 10.0 Å². The smallest absolute Gasteiger partial charge is 0.240 e. The average Bonchev–Trinajstić information content (AvgIpc) is 2.66. The highest BCUT2D eigenvalue weighted by molar-refractivity contribution is 7.89. The molecule has 0 fully saturated rings. The molecule has 0 aliphatic carbocycles. The van der Waals surface area contributed by atoms with Crippen LogP contribution in [0, 0.1) is 0 Å². The fraction of sp³-hybridized carbons (Fsp3) is 0.316. The van der Waals surface area contributed by atoms with Crippen LogP contribution in [-0.4, -0.2) is 34.6 Å². The second-order valence-electron chi connectivity index (χ2n) is 5.80. The van der Waals surface area contributed by atoms with Crippen molar-refractivity contribution in [3.63, 3.8) is 0 Å². The highest BCUT2D eigenvalue weighted by Crippen LogP contribution is 2.12. The van der Waals surface area contributed by atoms with E-state index in [1.807, 2.05) is 30.3 Å². The molecule has 0 bridgehead atoms. The monoisotopic (exact) mass is 376 g/mol. The zero-order valence-electron chi connectivity index (χ0n) is 14.8. The molecule has 6 nitrogen and oxygen atoms in total. The molecule has 0 aliphatic heterocycles. The van der Waals surface area contributed by atoms with Crippen LogP contribution in [0.4, 0.5) is 0 Å². The molecule has 0 heterocycles. The van der Waals surface area contributed by atoms with Crippen LogP contribution in [0.1, 0.15) is 17.5 Å². The Kier molecular flexibility index (Phi) is 7.77. The predicted molar refractivity (Wildman–Crippen MR) is 100 cm³/mol. The first-order chi connectivity index (χ1) is 12.5. The van der Waals surface area contributed by atoms with Gasteiger partial charge in [0, 0.05) is 26.6 Å². The topological polar surface area (TPSA) is 84.5 Å². The van der Waals surface area contributed by atoms with E-state index in [4.69, 9.17) is 4.74 Å². The van der Waals surface area contributed by atoms with E-state index in [9.17, 15) is 13.2 Å². The van der Waals surface area contributed by atoms with E-state index >= 15 is 0 Å². The van der Waals surface area contributed by atoms with Gasteiger partial charge in [0.2, 0.25) is 15.9 Å². The number of aryl methyl sites for hydroxylation is 1. The minimum atomic E-state index is -3.56. The molecule has 2 aromatic rings. The number of hydrogen-bond donors (Lipinski definition) is 2. The predicted octanol–water partition coefficient (Wildman–Crippen LogP) is 1.86. The Bertz CT molecular complexity index is 790. The van der Waals surface area contributed by atoms with E-state index in [0.29, 0.717) is 26.0 Å². The molecule has 0 saturated heterocycles. The number of ether oxygens (including phenoxy) is 1. The summed E-state index contributed by atoms with van der Waals surface area (Å²) in [6.45, 7) is 1.21. The standard InChI is InChI=1S/C19H24N2O4S/c1-25-14-13-20-19(22)12-9-16-7-10-18(11-8-16)26(23,24)21-15-17-5-3-2-4-6-17/h2-8,10-11,21H,9,12-15H2,1H3,(H,20,22). The van der Waals surface area contributed by atoms with Crippen molar-refractivity contribution in [3.05, 3.63) is 65.7 Å². The van der Waals surface area contributed by atoms with Crippen LogP contribution in [0.5, 0.6) is 0 Å². The highest BCUT2D eigenvalue weighted by atomic mass is 32.2. The maximum absolute atomic E-state index is 12.3. The summed E-state index contributed by atoms with van der Waals surface area (Å²) in [7, 11) is -1.98. The van der Waals surface area contributed by atoms with Gasteiger partial charge in [-0.15, -0.1) is 0 Å². The summed E-state index contributed by atoms with van der Waals surface area (Å²) < 4.78 is 32.1. The summed E-state index contributed by atoms with van der Waals surface area (Å²) in [5.74, 6) is -0.0525. The Morgan fingerprint density at radius 2 is 1.69 bits per heavy atom. The lowest BCUT2D eigenvalue weighted by molar-refractivity contribution is -0.121. The first kappa shape index (κ1) is 20.1. The van der Waals surface area contributed by atoms with Crippen molar-refractivity contribution < 1.29 is 17.9 Å².